The highest BCUT2D eigenvalue weighted by molar-refractivity contribution is 5.85. The highest BCUT2D eigenvalue weighted by Gasteiger charge is 2.35. The number of halogens is 2. The number of allylic oxidation sites excluding steroid dienone is 1. The van der Waals surface area contributed by atoms with E-state index in [2.05, 4.69) is 13.0 Å². The lowest BCUT2D eigenvalue weighted by Crippen LogP contribution is -2.30. The van der Waals surface area contributed by atoms with Crippen LogP contribution in [0.5, 0.6) is 5.75 Å². The van der Waals surface area contributed by atoms with E-state index < -0.39 is 11.6 Å². The third-order valence-corrected chi connectivity index (χ3v) is 7.73. The lowest BCUT2D eigenvalue weighted by molar-refractivity contribution is 0.113. The van der Waals surface area contributed by atoms with Gasteiger partial charge < -0.3 is 4.74 Å². The molecule has 0 saturated heterocycles. The third-order valence-electron chi connectivity index (χ3n) is 7.73. The van der Waals surface area contributed by atoms with E-state index >= 15 is 0 Å². The largest absolute Gasteiger partial charge is 0.483 e. The van der Waals surface area contributed by atoms with Gasteiger partial charge in [-0.3, -0.25) is 0 Å². The number of rotatable bonds is 7. The van der Waals surface area contributed by atoms with Gasteiger partial charge >= 0.3 is 0 Å². The summed E-state index contributed by atoms with van der Waals surface area (Å²) in [4.78, 5) is 0. The first-order valence-corrected chi connectivity index (χ1v) is 12.3. The van der Waals surface area contributed by atoms with Gasteiger partial charge in [-0.25, -0.2) is 8.78 Å². The van der Waals surface area contributed by atoms with Gasteiger partial charge in [0.15, 0.2) is 17.4 Å². The van der Waals surface area contributed by atoms with Crippen LogP contribution in [-0.4, -0.2) is 6.61 Å². The molecule has 2 saturated carbocycles. The van der Waals surface area contributed by atoms with Crippen LogP contribution in [0.1, 0.15) is 83.1 Å². The van der Waals surface area contributed by atoms with E-state index in [9.17, 15) is 8.78 Å². The van der Waals surface area contributed by atoms with Crippen molar-refractivity contribution in [1.82, 2.24) is 0 Å². The van der Waals surface area contributed by atoms with E-state index in [-0.39, 0.29) is 12.4 Å². The van der Waals surface area contributed by atoms with Crippen LogP contribution >= 0.6 is 0 Å². The number of benzene rings is 2. The molecule has 31 heavy (non-hydrogen) atoms. The quantitative estimate of drug-likeness (QED) is 0.403. The number of unbranched alkanes of at least 4 members (excludes halogenated alkanes) is 1. The highest BCUT2D eigenvalue weighted by atomic mass is 19.1. The van der Waals surface area contributed by atoms with Crippen LogP contribution in [0.15, 0.2) is 36.4 Å². The summed E-state index contributed by atoms with van der Waals surface area (Å²) in [6, 6.07) is 7.30. The number of ether oxygens (including phenoxy) is 1. The number of fused-ring (bicyclic) bond motifs is 2. The van der Waals surface area contributed by atoms with Gasteiger partial charge in [-0.05, 0) is 79.7 Å². The topological polar surface area (TPSA) is 9.23 Å². The Bertz CT molecular complexity index is 919. The molecule has 2 aromatic rings. The Labute approximate surface area is 185 Å². The lowest BCUT2D eigenvalue weighted by atomic mass is 9.63. The minimum Gasteiger partial charge on any atom is -0.483 e. The molecule has 0 bridgehead atoms. The summed E-state index contributed by atoms with van der Waals surface area (Å²) in [7, 11) is 0. The van der Waals surface area contributed by atoms with Crippen LogP contribution in [0.3, 0.4) is 0 Å². The second-order valence-electron chi connectivity index (χ2n) is 9.71. The Hall–Kier alpha value is -1.90. The zero-order valence-corrected chi connectivity index (χ0v) is 19.0. The predicted octanol–water partition coefficient (Wildman–Crippen LogP) is 8.56. The van der Waals surface area contributed by atoms with Crippen molar-refractivity contribution in [1.29, 1.82) is 0 Å². The molecule has 0 N–H and O–H groups in total. The number of hydrogen-bond donors (Lipinski definition) is 0. The van der Waals surface area contributed by atoms with Crippen molar-refractivity contribution >= 4 is 10.8 Å². The first-order chi connectivity index (χ1) is 15.1. The minimum absolute atomic E-state index is 0.165. The van der Waals surface area contributed by atoms with Crippen LogP contribution in [0.2, 0.25) is 0 Å². The Morgan fingerprint density at radius 2 is 1.84 bits per heavy atom. The molecule has 2 aromatic carbocycles. The van der Waals surface area contributed by atoms with Crippen LogP contribution < -0.4 is 4.74 Å². The first kappa shape index (κ1) is 22.3. The summed E-state index contributed by atoms with van der Waals surface area (Å²) >= 11 is 0. The molecule has 4 unspecified atom stereocenters. The Morgan fingerprint density at radius 1 is 1.03 bits per heavy atom. The molecule has 3 heteroatoms. The fraction of sp³-hybridized carbons (Fsp3) is 0.571. The highest BCUT2D eigenvalue weighted by Crippen LogP contribution is 2.48. The van der Waals surface area contributed by atoms with Crippen molar-refractivity contribution in [3.8, 4) is 5.75 Å². The molecular weight excluding hydrogens is 390 g/mol. The van der Waals surface area contributed by atoms with Crippen molar-refractivity contribution in [2.24, 2.45) is 17.8 Å². The monoisotopic (exact) mass is 426 g/mol. The summed E-state index contributed by atoms with van der Waals surface area (Å²) in [5, 5.41) is 1.07. The molecule has 168 valence electrons. The molecule has 1 nitrogen and oxygen atoms in total. The van der Waals surface area contributed by atoms with E-state index in [0.29, 0.717) is 16.7 Å². The molecule has 4 rings (SSSR count). The van der Waals surface area contributed by atoms with E-state index in [4.69, 9.17) is 4.74 Å². The second kappa shape index (κ2) is 10.1. The van der Waals surface area contributed by atoms with Crippen molar-refractivity contribution in [3.63, 3.8) is 0 Å². The van der Waals surface area contributed by atoms with Gasteiger partial charge in [0.25, 0.3) is 0 Å². The average molecular weight is 427 g/mol. The van der Waals surface area contributed by atoms with Crippen LogP contribution in [0, 0.1) is 29.4 Å². The maximum atomic E-state index is 14.9. The second-order valence-corrected chi connectivity index (χ2v) is 9.71. The van der Waals surface area contributed by atoms with E-state index in [0.717, 1.165) is 17.8 Å². The predicted molar refractivity (Wildman–Crippen MR) is 125 cm³/mol. The SMILES string of the molecule is C/C=C/COc1c(F)cc2cc(C3CCC4CC(CCCC)CCC4C3)ccc2c1F. The van der Waals surface area contributed by atoms with Crippen LogP contribution in [0.25, 0.3) is 10.8 Å². The summed E-state index contributed by atoms with van der Waals surface area (Å²) in [6.45, 7) is 4.30. The van der Waals surface area contributed by atoms with Gasteiger partial charge in [0.1, 0.15) is 6.61 Å². The molecule has 4 atom stereocenters. The van der Waals surface area contributed by atoms with E-state index in [1.54, 1.807) is 12.2 Å². The van der Waals surface area contributed by atoms with Crippen molar-refractivity contribution in [3.05, 3.63) is 53.6 Å². The van der Waals surface area contributed by atoms with Gasteiger partial charge in [-0.2, -0.15) is 0 Å². The molecular formula is C28H36F2O. The van der Waals surface area contributed by atoms with Gasteiger partial charge in [0, 0.05) is 5.39 Å². The molecule has 0 spiro atoms. The molecule has 0 radical (unpaired) electrons. The zero-order valence-electron chi connectivity index (χ0n) is 19.0. The molecule has 2 aliphatic carbocycles. The van der Waals surface area contributed by atoms with Gasteiger partial charge in [-0.1, -0.05) is 63.0 Å². The number of hydrogen-bond acceptors (Lipinski definition) is 1. The molecule has 0 aliphatic heterocycles. The lowest BCUT2D eigenvalue weighted by Gasteiger charge is -2.42. The van der Waals surface area contributed by atoms with Crippen molar-refractivity contribution in [2.45, 2.75) is 77.6 Å². The Kier molecular flexibility index (Phi) is 7.30. The van der Waals surface area contributed by atoms with Crippen molar-refractivity contribution < 1.29 is 13.5 Å². The van der Waals surface area contributed by atoms with Gasteiger partial charge in [-0.15, -0.1) is 0 Å². The summed E-state index contributed by atoms with van der Waals surface area (Å²) in [6.07, 6.45) is 15.5. The maximum absolute atomic E-state index is 14.9. The maximum Gasteiger partial charge on any atom is 0.191 e. The Balaban J connectivity index is 1.47. The van der Waals surface area contributed by atoms with Crippen molar-refractivity contribution in [2.75, 3.05) is 6.61 Å². The standard InChI is InChI=1S/C28H36F2O/c1-3-5-7-19-8-9-21-16-22(11-10-20(21)15-19)23-12-13-25-24(17-23)18-26(29)28(27(25)30)31-14-6-4-2/h4,6,12-13,17-22H,3,5,7-11,14-16H2,1-2H3/b6-4+. The summed E-state index contributed by atoms with van der Waals surface area (Å²) in [5.41, 5.74) is 1.24. The summed E-state index contributed by atoms with van der Waals surface area (Å²) in [5.74, 6) is 1.66. The summed E-state index contributed by atoms with van der Waals surface area (Å²) < 4.78 is 34.7. The van der Waals surface area contributed by atoms with Gasteiger partial charge in [0.2, 0.25) is 0 Å². The zero-order chi connectivity index (χ0) is 21.8. The Morgan fingerprint density at radius 3 is 2.65 bits per heavy atom. The molecule has 0 amide bonds. The minimum atomic E-state index is -0.624. The van der Waals surface area contributed by atoms with E-state index in [1.165, 1.54) is 69.4 Å². The third kappa shape index (κ3) is 4.96. The van der Waals surface area contributed by atoms with Gasteiger partial charge in [0.05, 0.1) is 0 Å². The molecule has 2 aliphatic rings. The smallest absolute Gasteiger partial charge is 0.191 e. The molecule has 0 heterocycles. The fourth-order valence-electron chi connectivity index (χ4n) is 5.99. The molecule has 0 aromatic heterocycles. The van der Waals surface area contributed by atoms with Crippen LogP contribution in [0.4, 0.5) is 8.78 Å². The first-order valence-electron chi connectivity index (χ1n) is 12.3. The van der Waals surface area contributed by atoms with E-state index in [1.807, 2.05) is 19.1 Å². The normalized spacial score (nSPS) is 26.3. The average Bonchev–Trinajstić information content (AvgIpc) is 2.79. The fourth-order valence-corrected chi connectivity index (χ4v) is 5.99. The van der Waals surface area contributed by atoms with Crippen LogP contribution in [-0.2, 0) is 0 Å². The molecule has 2 fully saturated rings.